The Balaban J connectivity index is 2.13. The van der Waals surface area contributed by atoms with Gasteiger partial charge in [-0.25, -0.2) is 8.42 Å². The summed E-state index contributed by atoms with van der Waals surface area (Å²) >= 11 is 0. The third kappa shape index (κ3) is 5.95. The first-order chi connectivity index (χ1) is 13.6. The summed E-state index contributed by atoms with van der Waals surface area (Å²) in [5.41, 5.74) is 3.62. The number of hydrogen-bond acceptors (Lipinski definition) is 5. The molecule has 2 aromatic carbocycles. The van der Waals surface area contributed by atoms with E-state index >= 15 is 0 Å². The molecule has 2 N–H and O–H groups in total. The first kappa shape index (κ1) is 22.7. The lowest BCUT2D eigenvalue weighted by Gasteiger charge is -2.19. The molecule has 29 heavy (non-hydrogen) atoms. The van der Waals surface area contributed by atoms with Crippen molar-refractivity contribution in [2.45, 2.75) is 44.9 Å². The van der Waals surface area contributed by atoms with Gasteiger partial charge in [-0.2, -0.15) is 0 Å². The Labute approximate surface area is 172 Å². The lowest BCUT2D eigenvalue weighted by atomic mass is 9.87. The van der Waals surface area contributed by atoms with Gasteiger partial charge in [-0.15, -0.1) is 4.83 Å². The quantitative estimate of drug-likeness (QED) is 0.639. The van der Waals surface area contributed by atoms with Crippen LogP contribution in [0.3, 0.4) is 0 Å². The molecule has 0 bridgehead atoms. The Morgan fingerprint density at radius 3 is 2.07 bits per heavy atom. The number of sulfonamides is 1. The number of carbonyl (C=O) groups is 1. The normalized spacial score (nSPS) is 11.8. The molecule has 0 aromatic heterocycles. The summed E-state index contributed by atoms with van der Waals surface area (Å²) in [7, 11) is -3.98. The minimum Gasteiger partial charge on any atom is -0.490 e. The highest BCUT2D eigenvalue weighted by molar-refractivity contribution is 7.89. The third-order valence-corrected chi connectivity index (χ3v) is 5.38. The highest BCUT2D eigenvalue weighted by Crippen LogP contribution is 2.30. The van der Waals surface area contributed by atoms with E-state index in [4.69, 9.17) is 9.47 Å². The predicted octanol–water partition coefficient (Wildman–Crippen LogP) is 3.40. The van der Waals surface area contributed by atoms with Crippen LogP contribution in [0.5, 0.6) is 11.5 Å². The Morgan fingerprint density at radius 2 is 1.52 bits per heavy atom. The van der Waals surface area contributed by atoms with Crippen LogP contribution in [0, 0.1) is 0 Å². The van der Waals surface area contributed by atoms with Crippen LogP contribution in [0.1, 0.15) is 50.5 Å². The van der Waals surface area contributed by atoms with E-state index in [-0.39, 0.29) is 10.3 Å². The van der Waals surface area contributed by atoms with Gasteiger partial charge in [0.1, 0.15) is 0 Å². The van der Waals surface area contributed by atoms with Crippen molar-refractivity contribution in [3.63, 3.8) is 0 Å². The van der Waals surface area contributed by atoms with Gasteiger partial charge in [-0.3, -0.25) is 10.2 Å². The molecule has 0 spiro atoms. The number of nitrogens with one attached hydrogen (secondary N) is 2. The Morgan fingerprint density at radius 1 is 0.931 bits per heavy atom. The van der Waals surface area contributed by atoms with E-state index in [2.05, 4.69) is 31.0 Å². The zero-order valence-corrected chi connectivity index (χ0v) is 18.2. The number of benzene rings is 2. The van der Waals surface area contributed by atoms with Crippen LogP contribution in [-0.2, 0) is 15.4 Å². The maximum absolute atomic E-state index is 12.6. The lowest BCUT2D eigenvalue weighted by Crippen LogP contribution is -2.41. The van der Waals surface area contributed by atoms with Crippen molar-refractivity contribution in [2.75, 3.05) is 13.2 Å². The van der Waals surface area contributed by atoms with Gasteiger partial charge in [-0.1, -0.05) is 32.9 Å². The molecule has 8 heteroatoms. The Hall–Kier alpha value is -2.58. The fourth-order valence-corrected chi connectivity index (χ4v) is 3.42. The zero-order valence-electron chi connectivity index (χ0n) is 17.4. The van der Waals surface area contributed by atoms with Gasteiger partial charge < -0.3 is 9.47 Å². The van der Waals surface area contributed by atoms with E-state index in [1.54, 1.807) is 19.1 Å². The van der Waals surface area contributed by atoms with Crippen molar-refractivity contribution in [1.29, 1.82) is 0 Å². The maximum Gasteiger partial charge on any atom is 0.266 e. The summed E-state index contributed by atoms with van der Waals surface area (Å²) in [5, 5.41) is 0. The molecule has 0 saturated carbocycles. The van der Waals surface area contributed by atoms with E-state index in [0.29, 0.717) is 30.3 Å². The van der Waals surface area contributed by atoms with Crippen LogP contribution in [0.15, 0.2) is 47.4 Å². The molecule has 7 nitrogen and oxygen atoms in total. The minimum absolute atomic E-state index is 0.0392. The molecular formula is C21H28N2O5S. The lowest BCUT2D eigenvalue weighted by molar-refractivity contribution is 0.0945. The summed E-state index contributed by atoms with van der Waals surface area (Å²) < 4.78 is 36.0. The van der Waals surface area contributed by atoms with Gasteiger partial charge in [0, 0.05) is 11.6 Å². The Kier molecular flexibility index (Phi) is 7.26. The molecule has 0 aliphatic rings. The Bertz CT molecular complexity index is 948. The zero-order chi connectivity index (χ0) is 21.7. The number of hydrazine groups is 1. The number of amides is 1. The third-order valence-electron chi connectivity index (χ3n) is 4.14. The summed E-state index contributed by atoms with van der Waals surface area (Å²) in [4.78, 5) is 14.4. The molecule has 0 atom stereocenters. The number of ether oxygens (including phenoxy) is 2. The van der Waals surface area contributed by atoms with Gasteiger partial charge in [0.25, 0.3) is 15.9 Å². The molecule has 1 amide bonds. The van der Waals surface area contributed by atoms with Crippen molar-refractivity contribution in [3.8, 4) is 11.5 Å². The first-order valence-corrected chi connectivity index (χ1v) is 10.9. The molecule has 0 fully saturated rings. The first-order valence-electron chi connectivity index (χ1n) is 9.40. The molecule has 2 aromatic rings. The van der Waals surface area contributed by atoms with Crippen LogP contribution >= 0.6 is 0 Å². The molecule has 0 unspecified atom stereocenters. The van der Waals surface area contributed by atoms with Crippen molar-refractivity contribution in [2.24, 2.45) is 0 Å². The van der Waals surface area contributed by atoms with Crippen LogP contribution in [0.2, 0.25) is 0 Å². The molecule has 158 valence electrons. The van der Waals surface area contributed by atoms with Gasteiger partial charge in [0.05, 0.1) is 18.1 Å². The fourth-order valence-electron chi connectivity index (χ4n) is 2.56. The average Bonchev–Trinajstić information content (AvgIpc) is 2.67. The second kappa shape index (κ2) is 9.28. The average molecular weight is 421 g/mol. The summed E-state index contributed by atoms with van der Waals surface area (Å²) in [5.74, 6) is 0.225. The smallest absolute Gasteiger partial charge is 0.266 e. The molecule has 0 heterocycles. The van der Waals surface area contributed by atoms with E-state index in [1.165, 1.54) is 18.2 Å². The largest absolute Gasteiger partial charge is 0.490 e. The standard InChI is InChI=1S/C21H28N2O5S/c1-6-27-18-13-12-17(14-19(18)28-7-2)29(25,26)23-22-20(24)15-8-10-16(11-9-15)21(3,4)5/h8-14,23H,6-7H2,1-5H3,(H,22,24). The van der Waals surface area contributed by atoms with Gasteiger partial charge in [-0.05, 0) is 49.1 Å². The summed E-state index contributed by atoms with van der Waals surface area (Å²) in [6.45, 7) is 10.6. The summed E-state index contributed by atoms with van der Waals surface area (Å²) in [6, 6.07) is 11.3. The van der Waals surface area contributed by atoms with E-state index < -0.39 is 15.9 Å². The van der Waals surface area contributed by atoms with Crippen LogP contribution < -0.4 is 19.7 Å². The fraction of sp³-hybridized carbons (Fsp3) is 0.381. The molecular weight excluding hydrogens is 392 g/mol. The second-order valence-electron chi connectivity index (χ2n) is 7.36. The number of rotatable bonds is 8. The topological polar surface area (TPSA) is 93.7 Å². The predicted molar refractivity (Wildman–Crippen MR) is 112 cm³/mol. The van der Waals surface area contributed by atoms with Crippen LogP contribution in [0.4, 0.5) is 0 Å². The SMILES string of the molecule is CCOc1ccc(S(=O)(=O)NNC(=O)c2ccc(C(C)(C)C)cc2)cc1OCC. The van der Waals surface area contributed by atoms with Crippen molar-refractivity contribution in [1.82, 2.24) is 10.3 Å². The number of carbonyl (C=O) groups excluding carboxylic acids is 1. The van der Waals surface area contributed by atoms with E-state index in [0.717, 1.165) is 5.56 Å². The summed E-state index contributed by atoms with van der Waals surface area (Å²) in [6.07, 6.45) is 0. The molecule has 2 rings (SSSR count). The van der Waals surface area contributed by atoms with E-state index in [9.17, 15) is 13.2 Å². The van der Waals surface area contributed by atoms with Crippen molar-refractivity contribution < 1.29 is 22.7 Å². The molecule has 0 saturated heterocycles. The highest BCUT2D eigenvalue weighted by Gasteiger charge is 2.19. The van der Waals surface area contributed by atoms with Crippen LogP contribution in [0.25, 0.3) is 0 Å². The van der Waals surface area contributed by atoms with Crippen molar-refractivity contribution >= 4 is 15.9 Å². The number of hydrogen-bond donors (Lipinski definition) is 2. The minimum atomic E-state index is -3.98. The molecule has 0 aliphatic heterocycles. The monoisotopic (exact) mass is 420 g/mol. The van der Waals surface area contributed by atoms with E-state index in [1.807, 2.05) is 19.1 Å². The van der Waals surface area contributed by atoms with Crippen LogP contribution in [-0.4, -0.2) is 27.5 Å². The van der Waals surface area contributed by atoms with Gasteiger partial charge in [0.15, 0.2) is 11.5 Å². The second-order valence-corrected chi connectivity index (χ2v) is 9.04. The molecule has 0 aliphatic carbocycles. The van der Waals surface area contributed by atoms with Gasteiger partial charge in [0.2, 0.25) is 0 Å². The maximum atomic E-state index is 12.6. The van der Waals surface area contributed by atoms with Gasteiger partial charge >= 0.3 is 0 Å². The van der Waals surface area contributed by atoms with Crippen molar-refractivity contribution in [3.05, 3.63) is 53.6 Å². The molecule has 0 radical (unpaired) electrons. The highest BCUT2D eigenvalue weighted by atomic mass is 32.2.